The fraction of sp³-hybridized carbons (Fsp3) is 0.692. The number of fused-ring (bicyclic) bond motifs is 1. The van der Waals surface area contributed by atoms with Crippen molar-refractivity contribution in [1.82, 2.24) is 0 Å². The molecule has 2 fully saturated rings. The molecule has 2 aliphatic carbocycles. The predicted molar refractivity (Wildman–Crippen MR) is 63.3 cm³/mol. The van der Waals surface area contributed by atoms with Crippen LogP contribution in [0.4, 0.5) is 0 Å². The van der Waals surface area contributed by atoms with Gasteiger partial charge in [-0.3, -0.25) is 0 Å². The summed E-state index contributed by atoms with van der Waals surface area (Å²) in [7, 11) is 5.81. The van der Waals surface area contributed by atoms with Crippen molar-refractivity contribution in [2.24, 2.45) is 11.3 Å². The molecule has 1 heterocycles. The molecule has 3 heteroatoms. The van der Waals surface area contributed by atoms with Crippen LogP contribution in [0, 0.1) is 11.3 Å². The maximum atomic E-state index is 5.89. The van der Waals surface area contributed by atoms with E-state index in [1.54, 1.807) is 0 Å². The molecular weight excluding hydrogens is 199 g/mol. The van der Waals surface area contributed by atoms with E-state index >= 15 is 0 Å². The molecule has 16 heavy (non-hydrogen) atoms. The number of hydrogen-bond donors (Lipinski definition) is 0. The van der Waals surface area contributed by atoms with Crippen LogP contribution >= 0.6 is 0 Å². The first kappa shape index (κ1) is 10.6. The quantitative estimate of drug-likeness (QED) is 0.659. The zero-order valence-electron chi connectivity index (χ0n) is 9.52. The highest BCUT2D eigenvalue weighted by Gasteiger charge is 2.54. The highest BCUT2D eigenvalue weighted by molar-refractivity contribution is 6.09. The molecule has 0 bridgehead atoms. The van der Waals surface area contributed by atoms with Crippen LogP contribution in [0.3, 0.4) is 0 Å². The van der Waals surface area contributed by atoms with Gasteiger partial charge in [0.25, 0.3) is 0 Å². The number of ether oxygens (including phenoxy) is 2. The molecule has 1 saturated heterocycles. The summed E-state index contributed by atoms with van der Waals surface area (Å²) in [6.07, 6.45) is 10.3. The molecule has 2 nitrogen and oxygen atoms in total. The first-order valence-corrected chi connectivity index (χ1v) is 6.13. The average molecular weight is 216 g/mol. The number of hydrogen-bond acceptors (Lipinski definition) is 2. The Morgan fingerprint density at radius 2 is 2.38 bits per heavy atom. The Kier molecular flexibility index (Phi) is 2.68. The second-order valence-corrected chi connectivity index (χ2v) is 5.15. The summed E-state index contributed by atoms with van der Waals surface area (Å²) < 4.78 is 11.7. The van der Waals surface area contributed by atoms with E-state index in [-0.39, 0.29) is 11.7 Å². The topological polar surface area (TPSA) is 18.5 Å². The van der Waals surface area contributed by atoms with Gasteiger partial charge in [0, 0.05) is 0 Å². The van der Waals surface area contributed by atoms with Gasteiger partial charge in [-0.05, 0) is 36.2 Å². The molecule has 0 aromatic rings. The van der Waals surface area contributed by atoms with E-state index in [1.165, 1.54) is 12.0 Å². The summed E-state index contributed by atoms with van der Waals surface area (Å²) in [5, 5.41) is 0. The van der Waals surface area contributed by atoms with Gasteiger partial charge in [-0.15, -0.1) is 0 Å². The largest absolute Gasteiger partial charge is 0.348 e. The van der Waals surface area contributed by atoms with Crippen molar-refractivity contribution in [2.45, 2.75) is 31.9 Å². The lowest BCUT2D eigenvalue weighted by molar-refractivity contribution is -0.114. The summed E-state index contributed by atoms with van der Waals surface area (Å²) in [6.45, 7) is 1.57. The molecule has 0 spiro atoms. The standard InChI is InChI=1S/C13H17BO2/c14-8-13-6-11(13)7-15-12(16-9-13)10-4-2-1-3-5-10/h1-2,4,11-12H,3,5-9H2/t11-,12?,13-/m0/s1. The summed E-state index contributed by atoms with van der Waals surface area (Å²) in [4.78, 5) is 0. The maximum absolute atomic E-state index is 5.89. The Morgan fingerprint density at radius 1 is 1.44 bits per heavy atom. The van der Waals surface area contributed by atoms with Crippen LogP contribution in [-0.4, -0.2) is 27.4 Å². The van der Waals surface area contributed by atoms with Gasteiger partial charge < -0.3 is 9.47 Å². The van der Waals surface area contributed by atoms with Crippen molar-refractivity contribution in [3.8, 4) is 0 Å². The Bertz CT molecular complexity index is 337. The number of rotatable bonds is 2. The fourth-order valence-electron chi connectivity index (χ4n) is 2.68. The van der Waals surface area contributed by atoms with Crippen LogP contribution in [0.5, 0.6) is 0 Å². The third kappa shape index (κ3) is 1.76. The highest BCUT2D eigenvalue weighted by Crippen LogP contribution is 2.56. The molecule has 2 radical (unpaired) electrons. The molecule has 84 valence electrons. The van der Waals surface area contributed by atoms with E-state index in [2.05, 4.69) is 18.2 Å². The molecule has 3 aliphatic rings. The fourth-order valence-corrected chi connectivity index (χ4v) is 2.68. The van der Waals surface area contributed by atoms with Crippen LogP contribution in [0.2, 0.25) is 6.32 Å². The van der Waals surface area contributed by atoms with Crippen molar-refractivity contribution in [3.05, 3.63) is 23.8 Å². The van der Waals surface area contributed by atoms with E-state index in [4.69, 9.17) is 17.3 Å². The molecule has 0 aromatic heterocycles. The molecule has 3 atom stereocenters. The predicted octanol–water partition coefficient (Wildman–Crippen LogP) is 2.23. The van der Waals surface area contributed by atoms with Gasteiger partial charge in [-0.2, -0.15) is 0 Å². The molecule has 1 saturated carbocycles. The minimum Gasteiger partial charge on any atom is -0.348 e. The Hall–Kier alpha value is -0.535. The van der Waals surface area contributed by atoms with Crippen LogP contribution < -0.4 is 0 Å². The van der Waals surface area contributed by atoms with Gasteiger partial charge in [-0.1, -0.05) is 24.5 Å². The van der Waals surface area contributed by atoms with E-state index < -0.39 is 0 Å². The van der Waals surface area contributed by atoms with Crippen molar-refractivity contribution >= 4 is 7.85 Å². The molecule has 0 amide bonds. The van der Waals surface area contributed by atoms with Crippen LogP contribution in [0.25, 0.3) is 0 Å². The first-order chi connectivity index (χ1) is 7.84. The molecule has 1 unspecified atom stereocenters. The zero-order valence-corrected chi connectivity index (χ0v) is 9.52. The number of allylic oxidation sites excluding steroid dienone is 3. The Balaban J connectivity index is 1.67. The van der Waals surface area contributed by atoms with Gasteiger partial charge in [0.05, 0.1) is 21.1 Å². The monoisotopic (exact) mass is 216 g/mol. The smallest absolute Gasteiger partial charge is 0.180 e. The van der Waals surface area contributed by atoms with Crippen molar-refractivity contribution < 1.29 is 9.47 Å². The summed E-state index contributed by atoms with van der Waals surface area (Å²) in [6, 6.07) is 0. The van der Waals surface area contributed by atoms with Crippen LogP contribution in [-0.2, 0) is 9.47 Å². The van der Waals surface area contributed by atoms with E-state index in [9.17, 15) is 0 Å². The SMILES string of the molecule is [B]C[C@@]12COC(C3=CC=CCC3)OC[C@@H]1C2. The molecule has 0 N–H and O–H groups in total. The van der Waals surface area contributed by atoms with Gasteiger partial charge in [0.15, 0.2) is 6.29 Å². The van der Waals surface area contributed by atoms with Crippen LogP contribution in [0.15, 0.2) is 23.8 Å². The van der Waals surface area contributed by atoms with E-state index in [0.29, 0.717) is 5.92 Å². The van der Waals surface area contributed by atoms with Gasteiger partial charge in [-0.25, -0.2) is 0 Å². The van der Waals surface area contributed by atoms with Gasteiger partial charge in [0.1, 0.15) is 0 Å². The van der Waals surface area contributed by atoms with Crippen molar-refractivity contribution in [2.75, 3.05) is 13.2 Å². The lowest BCUT2D eigenvalue weighted by Crippen LogP contribution is -2.22. The average Bonchev–Trinajstić information content (AvgIpc) is 3.04. The second-order valence-electron chi connectivity index (χ2n) is 5.15. The molecule has 0 aromatic carbocycles. The van der Waals surface area contributed by atoms with E-state index in [1.807, 2.05) is 0 Å². The van der Waals surface area contributed by atoms with Gasteiger partial charge in [0.2, 0.25) is 0 Å². The van der Waals surface area contributed by atoms with E-state index in [0.717, 1.165) is 32.4 Å². The minimum atomic E-state index is -0.124. The normalized spacial score (nSPS) is 42.1. The van der Waals surface area contributed by atoms with Gasteiger partial charge >= 0.3 is 0 Å². The summed E-state index contributed by atoms with van der Waals surface area (Å²) in [5.41, 5.74) is 1.51. The highest BCUT2D eigenvalue weighted by atomic mass is 16.7. The Morgan fingerprint density at radius 3 is 3.12 bits per heavy atom. The summed E-state index contributed by atoms with van der Waals surface area (Å²) >= 11 is 0. The van der Waals surface area contributed by atoms with Crippen LogP contribution in [0.1, 0.15) is 19.3 Å². The maximum Gasteiger partial charge on any atom is 0.180 e. The Labute approximate surface area is 98.1 Å². The molecule has 3 rings (SSSR count). The lowest BCUT2D eigenvalue weighted by Gasteiger charge is -2.22. The molecular formula is C13H17BO2. The lowest BCUT2D eigenvalue weighted by atomic mass is 9.87. The van der Waals surface area contributed by atoms with Crippen molar-refractivity contribution in [3.63, 3.8) is 0 Å². The van der Waals surface area contributed by atoms with Crippen molar-refractivity contribution in [1.29, 1.82) is 0 Å². The third-order valence-electron chi connectivity index (χ3n) is 4.09. The third-order valence-corrected chi connectivity index (χ3v) is 4.09. The first-order valence-electron chi connectivity index (χ1n) is 6.13. The minimum absolute atomic E-state index is 0.124. The summed E-state index contributed by atoms with van der Waals surface area (Å²) in [5.74, 6) is 0.627. The zero-order chi connectivity index (χ0) is 11.0. The second kappa shape index (κ2) is 4.04. The molecule has 1 aliphatic heterocycles.